The lowest BCUT2D eigenvalue weighted by Crippen LogP contribution is -2.32. The van der Waals surface area contributed by atoms with Crippen LogP contribution in [-0.4, -0.2) is 18.4 Å². The maximum Gasteiger partial charge on any atom is 0.283 e. The third-order valence-electron chi connectivity index (χ3n) is 3.55. The molecule has 1 N–H and O–H groups in total. The Labute approximate surface area is 163 Å². The molecule has 0 atom stereocenters. The largest absolute Gasteiger partial charge is 0.494 e. The van der Waals surface area contributed by atoms with Gasteiger partial charge in [-0.1, -0.05) is 11.6 Å². The molecule has 0 radical (unpaired) electrons. The van der Waals surface area contributed by atoms with Crippen molar-refractivity contribution in [2.24, 2.45) is 0 Å². The Morgan fingerprint density at radius 1 is 1.04 bits per heavy atom. The van der Waals surface area contributed by atoms with Crippen molar-refractivity contribution in [1.82, 2.24) is 0 Å². The van der Waals surface area contributed by atoms with Crippen molar-refractivity contribution in [2.45, 2.75) is 6.92 Å². The molecule has 0 aromatic heterocycles. The molecule has 0 unspecified atom stereocenters. The summed E-state index contributed by atoms with van der Waals surface area (Å²) < 4.78 is 6.39. The minimum atomic E-state index is -0.540. The Hall–Kier alpha value is -2.06. The Morgan fingerprint density at radius 2 is 1.68 bits per heavy atom. The van der Waals surface area contributed by atoms with Crippen molar-refractivity contribution in [3.05, 3.63) is 62.8 Å². The fourth-order valence-electron chi connectivity index (χ4n) is 2.38. The van der Waals surface area contributed by atoms with Gasteiger partial charge >= 0.3 is 0 Å². The van der Waals surface area contributed by atoms with Crippen LogP contribution in [0.1, 0.15) is 6.92 Å². The smallest absolute Gasteiger partial charge is 0.283 e. The molecule has 3 rings (SSSR count). The van der Waals surface area contributed by atoms with E-state index >= 15 is 0 Å². The summed E-state index contributed by atoms with van der Waals surface area (Å²) in [5, 5.41) is 2.80. The number of halogens is 2. The standard InChI is InChI=1S/C18H14ClIN2O3/c1-2-25-14-9-5-12(6-10-14)21-16-15(19)17(23)22(18(16)24)13-7-3-11(20)4-8-13/h3-10,21H,2H2,1H3. The minimum Gasteiger partial charge on any atom is -0.494 e. The van der Waals surface area contributed by atoms with Crippen molar-refractivity contribution in [2.75, 3.05) is 16.8 Å². The molecular weight excluding hydrogens is 455 g/mol. The maximum atomic E-state index is 12.7. The van der Waals surface area contributed by atoms with E-state index < -0.39 is 11.8 Å². The highest BCUT2D eigenvalue weighted by atomic mass is 127. The molecule has 1 aliphatic heterocycles. The molecule has 1 aliphatic rings. The van der Waals surface area contributed by atoms with Crippen molar-refractivity contribution in [3.63, 3.8) is 0 Å². The van der Waals surface area contributed by atoms with Gasteiger partial charge in [-0.2, -0.15) is 0 Å². The fraction of sp³-hybridized carbons (Fsp3) is 0.111. The number of nitrogens with zero attached hydrogens (tertiary/aromatic N) is 1. The number of rotatable bonds is 5. The minimum absolute atomic E-state index is 0.0642. The zero-order chi connectivity index (χ0) is 18.0. The number of anilines is 2. The Kier molecular flexibility index (Phi) is 5.29. The van der Waals surface area contributed by atoms with Gasteiger partial charge in [0.2, 0.25) is 0 Å². The molecular formula is C18H14ClIN2O3. The second-order valence-corrected chi connectivity index (χ2v) is 6.82. The Morgan fingerprint density at radius 3 is 2.28 bits per heavy atom. The fourth-order valence-corrected chi connectivity index (χ4v) is 2.95. The summed E-state index contributed by atoms with van der Waals surface area (Å²) in [5.41, 5.74) is 1.19. The van der Waals surface area contributed by atoms with Gasteiger partial charge in [-0.05, 0) is 78.0 Å². The predicted molar refractivity (Wildman–Crippen MR) is 106 cm³/mol. The molecule has 2 amide bonds. The lowest BCUT2D eigenvalue weighted by molar-refractivity contribution is -0.120. The SMILES string of the molecule is CCOc1ccc(NC2=C(Cl)C(=O)N(c3ccc(I)cc3)C2=O)cc1. The van der Waals surface area contributed by atoms with Crippen LogP contribution in [0.25, 0.3) is 0 Å². The van der Waals surface area contributed by atoms with Crippen LogP contribution in [0, 0.1) is 3.57 Å². The molecule has 128 valence electrons. The third-order valence-corrected chi connectivity index (χ3v) is 4.62. The normalized spacial score (nSPS) is 14.3. The van der Waals surface area contributed by atoms with Gasteiger partial charge in [-0.15, -0.1) is 0 Å². The molecule has 0 aliphatic carbocycles. The topological polar surface area (TPSA) is 58.6 Å². The van der Waals surface area contributed by atoms with Crippen LogP contribution in [0.3, 0.4) is 0 Å². The van der Waals surface area contributed by atoms with Crippen molar-refractivity contribution in [1.29, 1.82) is 0 Å². The Balaban J connectivity index is 1.83. The molecule has 2 aromatic carbocycles. The lowest BCUT2D eigenvalue weighted by Gasteiger charge is -2.15. The molecule has 0 bridgehead atoms. The van der Waals surface area contributed by atoms with Gasteiger partial charge in [0.05, 0.1) is 12.3 Å². The van der Waals surface area contributed by atoms with E-state index in [4.69, 9.17) is 16.3 Å². The van der Waals surface area contributed by atoms with Crippen LogP contribution in [0.15, 0.2) is 59.3 Å². The highest BCUT2D eigenvalue weighted by Gasteiger charge is 2.38. The summed E-state index contributed by atoms with van der Waals surface area (Å²) in [6, 6.07) is 14.1. The summed E-state index contributed by atoms with van der Waals surface area (Å²) >= 11 is 8.26. The molecule has 7 heteroatoms. The van der Waals surface area contributed by atoms with Gasteiger partial charge in [-0.25, -0.2) is 4.90 Å². The molecule has 0 spiro atoms. The average molecular weight is 469 g/mol. The van der Waals surface area contributed by atoms with E-state index in [1.54, 1.807) is 36.4 Å². The second kappa shape index (κ2) is 7.45. The summed E-state index contributed by atoms with van der Waals surface area (Å²) in [6.07, 6.45) is 0. The molecule has 1 heterocycles. The number of imide groups is 1. The van der Waals surface area contributed by atoms with Crippen LogP contribution in [0.5, 0.6) is 5.75 Å². The van der Waals surface area contributed by atoms with Gasteiger partial charge in [0, 0.05) is 9.26 Å². The first-order valence-electron chi connectivity index (χ1n) is 7.55. The highest BCUT2D eigenvalue weighted by molar-refractivity contribution is 14.1. The molecule has 0 fully saturated rings. The number of amides is 2. The van der Waals surface area contributed by atoms with E-state index in [0.717, 1.165) is 14.2 Å². The highest BCUT2D eigenvalue weighted by Crippen LogP contribution is 2.30. The van der Waals surface area contributed by atoms with E-state index in [1.165, 1.54) is 0 Å². The van der Waals surface area contributed by atoms with Crippen LogP contribution >= 0.6 is 34.2 Å². The van der Waals surface area contributed by atoms with Gasteiger partial charge < -0.3 is 10.1 Å². The maximum absolute atomic E-state index is 12.7. The van der Waals surface area contributed by atoms with E-state index in [-0.39, 0.29) is 10.7 Å². The first-order valence-corrected chi connectivity index (χ1v) is 9.01. The first-order chi connectivity index (χ1) is 12.0. The van der Waals surface area contributed by atoms with Crippen LogP contribution in [0.2, 0.25) is 0 Å². The number of hydrogen-bond acceptors (Lipinski definition) is 4. The zero-order valence-corrected chi connectivity index (χ0v) is 16.2. The van der Waals surface area contributed by atoms with Crippen LogP contribution in [-0.2, 0) is 9.59 Å². The molecule has 0 saturated heterocycles. The van der Waals surface area contributed by atoms with Gasteiger partial charge in [0.25, 0.3) is 11.8 Å². The van der Waals surface area contributed by atoms with Crippen LogP contribution in [0.4, 0.5) is 11.4 Å². The number of nitrogens with one attached hydrogen (secondary N) is 1. The van der Waals surface area contributed by atoms with Gasteiger partial charge in [-0.3, -0.25) is 9.59 Å². The monoisotopic (exact) mass is 468 g/mol. The van der Waals surface area contributed by atoms with Gasteiger partial charge in [0.15, 0.2) is 0 Å². The number of carbonyl (C=O) groups excluding carboxylic acids is 2. The van der Waals surface area contributed by atoms with Crippen molar-refractivity contribution in [3.8, 4) is 5.75 Å². The van der Waals surface area contributed by atoms with Crippen molar-refractivity contribution < 1.29 is 14.3 Å². The molecule has 2 aromatic rings. The summed E-state index contributed by atoms with van der Waals surface area (Å²) in [6.45, 7) is 2.47. The molecule has 25 heavy (non-hydrogen) atoms. The first kappa shape index (κ1) is 17.8. The van der Waals surface area contributed by atoms with Crippen molar-refractivity contribution >= 4 is 57.4 Å². The molecule has 5 nitrogen and oxygen atoms in total. The summed E-state index contributed by atoms with van der Waals surface area (Å²) in [7, 11) is 0. The van der Waals surface area contributed by atoms with E-state index in [0.29, 0.717) is 18.0 Å². The summed E-state index contributed by atoms with van der Waals surface area (Å²) in [5.74, 6) is -0.297. The van der Waals surface area contributed by atoms with E-state index in [2.05, 4.69) is 27.9 Å². The third kappa shape index (κ3) is 3.64. The molecule has 0 saturated carbocycles. The van der Waals surface area contributed by atoms with E-state index in [1.807, 2.05) is 19.1 Å². The van der Waals surface area contributed by atoms with E-state index in [9.17, 15) is 9.59 Å². The predicted octanol–water partition coefficient (Wildman–Crippen LogP) is 4.13. The second-order valence-electron chi connectivity index (χ2n) is 5.19. The van der Waals surface area contributed by atoms with Crippen LogP contribution < -0.4 is 15.0 Å². The summed E-state index contributed by atoms with van der Waals surface area (Å²) in [4.78, 5) is 26.1. The number of benzene rings is 2. The zero-order valence-electron chi connectivity index (χ0n) is 13.3. The number of ether oxygens (including phenoxy) is 1. The number of hydrogen-bond donors (Lipinski definition) is 1. The quantitative estimate of drug-likeness (QED) is 0.530. The average Bonchev–Trinajstić information content (AvgIpc) is 2.81. The number of carbonyl (C=O) groups is 2. The lowest BCUT2D eigenvalue weighted by atomic mass is 10.2. The Bertz CT molecular complexity index is 848. The van der Waals surface area contributed by atoms with Gasteiger partial charge in [0.1, 0.15) is 16.5 Å².